The number of fused-ring (bicyclic) bond motifs is 1. The molecule has 0 saturated carbocycles. The molecule has 0 fully saturated rings. The number of rotatable bonds is 3. The first kappa shape index (κ1) is 14.8. The molecule has 0 aliphatic heterocycles. The van der Waals surface area contributed by atoms with Gasteiger partial charge in [-0.1, -0.05) is 30.3 Å². The van der Waals surface area contributed by atoms with E-state index in [0.717, 1.165) is 5.69 Å². The number of anilines is 1. The molecule has 0 atom stereocenters. The fourth-order valence-corrected chi connectivity index (χ4v) is 2.52. The smallest absolute Gasteiger partial charge is 0.263 e. The van der Waals surface area contributed by atoms with E-state index in [0.29, 0.717) is 16.6 Å². The second-order valence-corrected chi connectivity index (χ2v) is 5.28. The molecule has 0 spiro atoms. The first-order valence-corrected chi connectivity index (χ1v) is 7.26. The molecule has 0 aliphatic carbocycles. The van der Waals surface area contributed by atoms with E-state index >= 15 is 0 Å². The number of hydrogen-bond acceptors (Lipinski definition) is 4. The molecule has 2 N–H and O–H groups in total. The number of benzene rings is 2. The Kier molecular flexibility index (Phi) is 3.85. The van der Waals surface area contributed by atoms with E-state index in [1.165, 1.54) is 4.57 Å². The minimum Gasteiger partial charge on any atom is -0.506 e. The molecule has 0 radical (unpaired) electrons. The number of nitrogens with zero attached hydrogens (tertiary/aromatic N) is 2. The van der Waals surface area contributed by atoms with Gasteiger partial charge >= 0.3 is 0 Å². The minimum atomic E-state index is -0.280. The van der Waals surface area contributed by atoms with Crippen molar-refractivity contribution in [1.82, 2.24) is 4.57 Å². The van der Waals surface area contributed by atoms with E-state index in [1.54, 1.807) is 26.1 Å². The van der Waals surface area contributed by atoms with Crippen LogP contribution in [0.1, 0.15) is 12.5 Å². The lowest BCUT2D eigenvalue weighted by molar-refractivity contribution is 0.478. The number of pyridine rings is 1. The fraction of sp³-hybridized carbons (Fsp3) is 0.111. The highest BCUT2D eigenvalue weighted by atomic mass is 16.3. The summed E-state index contributed by atoms with van der Waals surface area (Å²) < 4.78 is 1.52. The van der Waals surface area contributed by atoms with Crippen LogP contribution in [-0.4, -0.2) is 15.4 Å². The predicted octanol–water partition coefficient (Wildman–Crippen LogP) is 3.08. The van der Waals surface area contributed by atoms with Crippen LogP contribution in [0.2, 0.25) is 0 Å². The first-order chi connectivity index (χ1) is 11.1. The molecule has 23 heavy (non-hydrogen) atoms. The third-order valence-corrected chi connectivity index (χ3v) is 3.76. The molecule has 2 aromatic carbocycles. The number of hydrogen-bond donors (Lipinski definition) is 2. The summed E-state index contributed by atoms with van der Waals surface area (Å²) in [4.78, 5) is 12.6. The Hall–Kier alpha value is -3.08. The summed E-state index contributed by atoms with van der Waals surface area (Å²) in [6, 6.07) is 16.7. The maximum Gasteiger partial charge on any atom is 0.263 e. The van der Waals surface area contributed by atoms with E-state index in [-0.39, 0.29) is 16.9 Å². The molecule has 116 valence electrons. The lowest BCUT2D eigenvalue weighted by Gasteiger charge is -2.11. The van der Waals surface area contributed by atoms with Gasteiger partial charge in [0.15, 0.2) is 0 Å². The Labute approximate surface area is 133 Å². The van der Waals surface area contributed by atoms with Crippen LogP contribution in [0.5, 0.6) is 5.75 Å². The number of nitrogens with one attached hydrogen (secondary N) is 1. The third kappa shape index (κ3) is 2.68. The van der Waals surface area contributed by atoms with Crippen LogP contribution in [0.15, 0.2) is 64.5 Å². The van der Waals surface area contributed by atoms with Crippen LogP contribution >= 0.6 is 0 Å². The van der Waals surface area contributed by atoms with Crippen LogP contribution in [0.4, 0.5) is 5.69 Å². The van der Waals surface area contributed by atoms with Gasteiger partial charge in [0.05, 0.1) is 16.9 Å². The van der Waals surface area contributed by atoms with E-state index in [9.17, 15) is 9.90 Å². The summed E-state index contributed by atoms with van der Waals surface area (Å²) >= 11 is 0. The first-order valence-electron chi connectivity index (χ1n) is 7.26. The molecule has 0 saturated heterocycles. The fourth-order valence-electron chi connectivity index (χ4n) is 2.52. The summed E-state index contributed by atoms with van der Waals surface area (Å²) in [5.74, 6) is -0.0418. The normalized spacial score (nSPS) is 11.7. The van der Waals surface area contributed by atoms with E-state index < -0.39 is 0 Å². The SMILES string of the molecule is C/C(=N/Nc1ccccc1)c1c(O)c2ccccc2n(C)c1=O. The zero-order chi connectivity index (χ0) is 16.4. The van der Waals surface area contributed by atoms with Crippen molar-refractivity contribution in [2.45, 2.75) is 6.92 Å². The second kappa shape index (κ2) is 5.96. The van der Waals surface area contributed by atoms with Gasteiger partial charge in [-0.3, -0.25) is 10.2 Å². The average molecular weight is 307 g/mol. The lowest BCUT2D eigenvalue weighted by atomic mass is 10.1. The van der Waals surface area contributed by atoms with Gasteiger partial charge in [-0.2, -0.15) is 5.10 Å². The standard InChI is InChI=1S/C18H17N3O2/c1-12(19-20-13-8-4-3-5-9-13)16-17(22)14-10-6-7-11-15(14)21(2)18(16)23/h3-11,20,22H,1-2H3/b19-12-. The zero-order valence-electron chi connectivity index (χ0n) is 12.9. The van der Waals surface area contributed by atoms with Crippen molar-refractivity contribution in [3.63, 3.8) is 0 Å². The zero-order valence-corrected chi connectivity index (χ0v) is 12.9. The molecular formula is C18H17N3O2. The van der Waals surface area contributed by atoms with Gasteiger partial charge in [0, 0.05) is 12.4 Å². The molecule has 0 bridgehead atoms. The molecule has 0 unspecified atom stereocenters. The Balaban J connectivity index is 2.10. The van der Waals surface area contributed by atoms with Gasteiger partial charge in [0.1, 0.15) is 11.3 Å². The van der Waals surface area contributed by atoms with Crippen molar-refractivity contribution in [3.05, 3.63) is 70.5 Å². The average Bonchev–Trinajstić information content (AvgIpc) is 2.59. The van der Waals surface area contributed by atoms with Crippen LogP contribution in [0, 0.1) is 0 Å². The largest absolute Gasteiger partial charge is 0.506 e. The number of aryl methyl sites for hydroxylation is 1. The molecule has 0 aliphatic rings. The molecule has 5 heteroatoms. The van der Waals surface area contributed by atoms with E-state index in [1.807, 2.05) is 42.5 Å². The Bertz CT molecular complexity index is 944. The van der Waals surface area contributed by atoms with Crippen molar-refractivity contribution < 1.29 is 5.11 Å². The maximum atomic E-state index is 12.6. The van der Waals surface area contributed by atoms with Crippen LogP contribution in [0.25, 0.3) is 10.9 Å². The van der Waals surface area contributed by atoms with E-state index in [2.05, 4.69) is 10.5 Å². The van der Waals surface area contributed by atoms with Crippen LogP contribution < -0.4 is 11.0 Å². The second-order valence-electron chi connectivity index (χ2n) is 5.28. The van der Waals surface area contributed by atoms with Crippen molar-refractivity contribution in [2.75, 3.05) is 5.43 Å². The summed E-state index contributed by atoms with van der Waals surface area (Å²) in [5.41, 5.74) is 4.74. The molecule has 1 aromatic heterocycles. The van der Waals surface area contributed by atoms with Crippen LogP contribution in [0.3, 0.4) is 0 Å². The summed E-state index contributed by atoms with van der Waals surface area (Å²) in [6.07, 6.45) is 0. The monoisotopic (exact) mass is 307 g/mol. The Morgan fingerprint density at radius 1 is 1.09 bits per heavy atom. The maximum absolute atomic E-state index is 12.6. The minimum absolute atomic E-state index is 0.0418. The quantitative estimate of drug-likeness (QED) is 0.577. The lowest BCUT2D eigenvalue weighted by Crippen LogP contribution is -2.24. The van der Waals surface area contributed by atoms with Crippen molar-refractivity contribution in [2.24, 2.45) is 12.1 Å². The molecule has 3 rings (SSSR count). The van der Waals surface area contributed by atoms with Gasteiger partial charge in [0.2, 0.25) is 0 Å². The summed E-state index contributed by atoms with van der Waals surface area (Å²) in [5, 5.41) is 15.4. The molecule has 0 amide bonds. The van der Waals surface area contributed by atoms with Crippen molar-refractivity contribution in [1.29, 1.82) is 0 Å². The van der Waals surface area contributed by atoms with Gasteiger partial charge in [0.25, 0.3) is 5.56 Å². The van der Waals surface area contributed by atoms with Crippen molar-refractivity contribution in [3.8, 4) is 5.75 Å². The number of hydrazone groups is 1. The van der Waals surface area contributed by atoms with Crippen LogP contribution in [-0.2, 0) is 7.05 Å². The number of aromatic hydroxyl groups is 1. The Morgan fingerprint density at radius 2 is 1.74 bits per heavy atom. The van der Waals surface area contributed by atoms with Gasteiger partial charge < -0.3 is 9.67 Å². The van der Waals surface area contributed by atoms with E-state index in [4.69, 9.17) is 0 Å². The number of para-hydroxylation sites is 2. The topological polar surface area (TPSA) is 66.6 Å². The molecule has 3 aromatic rings. The molecular weight excluding hydrogens is 290 g/mol. The highest BCUT2D eigenvalue weighted by molar-refractivity contribution is 6.05. The highest BCUT2D eigenvalue weighted by Gasteiger charge is 2.16. The third-order valence-electron chi connectivity index (χ3n) is 3.76. The van der Waals surface area contributed by atoms with Gasteiger partial charge in [-0.25, -0.2) is 0 Å². The molecule has 1 heterocycles. The molecule has 5 nitrogen and oxygen atoms in total. The van der Waals surface area contributed by atoms with Gasteiger partial charge in [-0.15, -0.1) is 0 Å². The van der Waals surface area contributed by atoms with Gasteiger partial charge in [-0.05, 0) is 31.2 Å². The van der Waals surface area contributed by atoms with Crippen molar-refractivity contribution >= 4 is 22.3 Å². The summed E-state index contributed by atoms with van der Waals surface area (Å²) in [7, 11) is 1.69. The highest BCUT2D eigenvalue weighted by Crippen LogP contribution is 2.26. The predicted molar refractivity (Wildman–Crippen MR) is 93.1 cm³/mol. The summed E-state index contributed by atoms with van der Waals surface area (Å²) in [6.45, 7) is 1.70. The number of aromatic nitrogens is 1. The Morgan fingerprint density at radius 3 is 2.48 bits per heavy atom.